The van der Waals surface area contributed by atoms with E-state index in [0.717, 1.165) is 39.1 Å². The zero-order chi connectivity index (χ0) is 23.0. The fourth-order valence-corrected chi connectivity index (χ4v) is 3.70. The van der Waals surface area contributed by atoms with Gasteiger partial charge in [-0.3, -0.25) is 0 Å². The summed E-state index contributed by atoms with van der Waals surface area (Å²) in [4.78, 5) is 0. The van der Waals surface area contributed by atoms with Crippen molar-refractivity contribution < 1.29 is 4.39 Å². The molecule has 162 valence electrons. The van der Waals surface area contributed by atoms with Crippen molar-refractivity contribution in [1.82, 2.24) is 5.32 Å². The molecule has 0 unspecified atom stereocenters. The molecule has 31 heavy (non-hydrogen) atoms. The molecule has 2 rings (SSSR count). The molecule has 0 amide bonds. The van der Waals surface area contributed by atoms with Gasteiger partial charge in [-0.2, -0.15) is 0 Å². The Morgan fingerprint density at radius 2 is 1.90 bits per heavy atom. The van der Waals surface area contributed by atoms with Gasteiger partial charge in [0.1, 0.15) is 5.82 Å². The second-order valence-corrected chi connectivity index (χ2v) is 8.14. The van der Waals surface area contributed by atoms with Gasteiger partial charge in [0.25, 0.3) is 0 Å². The SMILES string of the molecule is C=C/C(=C\C(=C/C)Cc1cccc(F)c1)C(=C)NCCC(=C)c1cc(Cl)cc(Cl)c1C. The Balaban J connectivity index is 2.01. The molecule has 0 aromatic heterocycles. The summed E-state index contributed by atoms with van der Waals surface area (Å²) in [6.45, 7) is 16.8. The molecule has 0 aliphatic heterocycles. The third-order valence-corrected chi connectivity index (χ3v) is 5.64. The van der Waals surface area contributed by atoms with Gasteiger partial charge >= 0.3 is 0 Å². The first-order valence-electron chi connectivity index (χ1n) is 10.1. The summed E-state index contributed by atoms with van der Waals surface area (Å²) in [5.41, 5.74) is 6.51. The van der Waals surface area contributed by atoms with E-state index in [9.17, 15) is 4.39 Å². The Kier molecular flexibility index (Phi) is 9.36. The van der Waals surface area contributed by atoms with E-state index in [-0.39, 0.29) is 5.82 Å². The van der Waals surface area contributed by atoms with Crippen molar-refractivity contribution >= 4 is 28.8 Å². The van der Waals surface area contributed by atoms with E-state index in [1.165, 1.54) is 6.07 Å². The molecule has 4 heteroatoms. The second kappa shape index (κ2) is 11.7. The fraction of sp³-hybridized carbons (Fsp3) is 0.185. The molecule has 0 fully saturated rings. The van der Waals surface area contributed by atoms with E-state index >= 15 is 0 Å². The summed E-state index contributed by atoms with van der Waals surface area (Å²) in [7, 11) is 0. The van der Waals surface area contributed by atoms with E-state index in [2.05, 4.69) is 25.1 Å². The number of rotatable bonds is 10. The lowest BCUT2D eigenvalue weighted by atomic mass is 9.99. The van der Waals surface area contributed by atoms with Crippen molar-refractivity contribution in [2.24, 2.45) is 0 Å². The van der Waals surface area contributed by atoms with Gasteiger partial charge < -0.3 is 5.32 Å². The average Bonchev–Trinajstić information content (AvgIpc) is 2.73. The molecule has 0 aliphatic carbocycles. The van der Waals surface area contributed by atoms with E-state index in [1.807, 2.05) is 38.1 Å². The Morgan fingerprint density at radius 3 is 2.55 bits per heavy atom. The molecule has 0 radical (unpaired) electrons. The van der Waals surface area contributed by atoms with Gasteiger partial charge in [0.2, 0.25) is 0 Å². The van der Waals surface area contributed by atoms with Crippen LogP contribution in [0, 0.1) is 12.7 Å². The molecule has 0 spiro atoms. The van der Waals surface area contributed by atoms with E-state index in [0.29, 0.717) is 29.4 Å². The summed E-state index contributed by atoms with van der Waals surface area (Å²) in [5, 5.41) is 4.57. The maximum Gasteiger partial charge on any atom is 0.123 e. The first-order chi connectivity index (χ1) is 14.7. The van der Waals surface area contributed by atoms with Crippen molar-refractivity contribution in [2.45, 2.75) is 26.7 Å². The van der Waals surface area contributed by atoms with Crippen LogP contribution in [0.3, 0.4) is 0 Å². The molecule has 0 saturated carbocycles. The van der Waals surface area contributed by atoms with Gasteiger partial charge in [-0.15, -0.1) is 0 Å². The second-order valence-electron chi connectivity index (χ2n) is 7.29. The van der Waals surface area contributed by atoms with Crippen molar-refractivity contribution in [3.05, 3.63) is 124 Å². The van der Waals surface area contributed by atoms with Gasteiger partial charge in [-0.1, -0.05) is 67.2 Å². The minimum Gasteiger partial charge on any atom is -0.385 e. The van der Waals surface area contributed by atoms with E-state index < -0.39 is 0 Å². The number of nitrogens with one attached hydrogen (secondary N) is 1. The molecule has 2 aromatic rings. The quantitative estimate of drug-likeness (QED) is 0.355. The maximum absolute atomic E-state index is 13.5. The molecule has 1 nitrogen and oxygen atoms in total. The largest absolute Gasteiger partial charge is 0.385 e. The fourth-order valence-electron chi connectivity index (χ4n) is 3.20. The number of benzene rings is 2. The molecule has 0 heterocycles. The number of hydrogen-bond acceptors (Lipinski definition) is 1. The van der Waals surface area contributed by atoms with Crippen LogP contribution in [0.5, 0.6) is 0 Å². The molecule has 1 N–H and O–H groups in total. The standard InChI is InChI=1S/C27H28Cl2FN/c1-6-21(13-22-9-8-10-25(30)15-22)14-23(7-2)20(5)31-12-11-18(3)26-16-24(28)17-27(29)19(26)4/h6-10,14-17,31H,2-3,5,11-13H2,1,4H3/b21-6-,23-14+. The zero-order valence-corrected chi connectivity index (χ0v) is 19.6. The lowest BCUT2D eigenvalue weighted by Crippen LogP contribution is -2.15. The lowest BCUT2D eigenvalue weighted by molar-refractivity contribution is 0.626. The predicted octanol–water partition coefficient (Wildman–Crippen LogP) is 8.25. The minimum absolute atomic E-state index is 0.233. The Morgan fingerprint density at radius 1 is 1.16 bits per heavy atom. The third kappa shape index (κ3) is 7.27. The topological polar surface area (TPSA) is 12.0 Å². The first kappa shape index (κ1) is 24.7. The summed E-state index contributed by atoms with van der Waals surface area (Å²) in [5.74, 6) is -0.233. The molecule has 0 bridgehead atoms. The lowest BCUT2D eigenvalue weighted by Gasteiger charge is -2.15. The summed E-state index contributed by atoms with van der Waals surface area (Å²) < 4.78 is 13.5. The van der Waals surface area contributed by atoms with Gasteiger partial charge in [0, 0.05) is 22.3 Å². The van der Waals surface area contributed by atoms with Gasteiger partial charge in [0.15, 0.2) is 0 Å². The third-order valence-electron chi connectivity index (χ3n) is 5.03. The van der Waals surface area contributed by atoms with Crippen LogP contribution in [0.1, 0.15) is 30.0 Å². The normalized spacial score (nSPS) is 11.9. The highest BCUT2D eigenvalue weighted by Crippen LogP contribution is 2.30. The van der Waals surface area contributed by atoms with Crippen LogP contribution in [0.15, 0.2) is 91.2 Å². The van der Waals surface area contributed by atoms with Crippen molar-refractivity contribution in [2.75, 3.05) is 6.54 Å². The molecule has 0 atom stereocenters. The van der Waals surface area contributed by atoms with Crippen LogP contribution in [0.4, 0.5) is 4.39 Å². The highest BCUT2D eigenvalue weighted by atomic mass is 35.5. The van der Waals surface area contributed by atoms with Crippen molar-refractivity contribution in [1.29, 1.82) is 0 Å². The maximum atomic E-state index is 13.5. The molecule has 0 saturated heterocycles. The predicted molar refractivity (Wildman–Crippen MR) is 134 cm³/mol. The monoisotopic (exact) mass is 455 g/mol. The Hall–Kier alpha value is -2.55. The molecule has 2 aromatic carbocycles. The van der Waals surface area contributed by atoms with Crippen molar-refractivity contribution in [3.8, 4) is 0 Å². The zero-order valence-electron chi connectivity index (χ0n) is 18.1. The van der Waals surface area contributed by atoms with Crippen LogP contribution in [0.25, 0.3) is 5.57 Å². The number of allylic oxidation sites excluding steroid dienone is 4. The summed E-state index contributed by atoms with van der Waals surface area (Å²) in [6.07, 6.45) is 7.13. The van der Waals surface area contributed by atoms with Crippen molar-refractivity contribution in [3.63, 3.8) is 0 Å². The van der Waals surface area contributed by atoms with E-state index in [4.69, 9.17) is 23.2 Å². The minimum atomic E-state index is -0.233. The van der Waals surface area contributed by atoms with E-state index in [1.54, 1.807) is 24.3 Å². The highest BCUT2D eigenvalue weighted by molar-refractivity contribution is 6.35. The molecular weight excluding hydrogens is 428 g/mol. The van der Waals surface area contributed by atoms with Crippen LogP contribution in [0.2, 0.25) is 10.0 Å². The van der Waals surface area contributed by atoms with Crippen LogP contribution in [-0.4, -0.2) is 6.54 Å². The van der Waals surface area contributed by atoms with Crippen LogP contribution in [-0.2, 0) is 6.42 Å². The number of halogens is 3. The Bertz CT molecular complexity index is 1050. The average molecular weight is 456 g/mol. The number of hydrogen-bond donors (Lipinski definition) is 1. The molecule has 0 aliphatic rings. The summed E-state index contributed by atoms with van der Waals surface area (Å²) >= 11 is 12.4. The highest BCUT2D eigenvalue weighted by Gasteiger charge is 2.09. The smallest absolute Gasteiger partial charge is 0.123 e. The summed E-state index contributed by atoms with van der Waals surface area (Å²) in [6, 6.07) is 10.3. The van der Waals surface area contributed by atoms with Gasteiger partial charge in [0.05, 0.1) is 0 Å². The van der Waals surface area contributed by atoms with Crippen LogP contribution >= 0.6 is 23.2 Å². The van der Waals surface area contributed by atoms with Gasteiger partial charge in [-0.25, -0.2) is 4.39 Å². The first-order valence-corrected chi connectivity index (χ1v) is 10.8. The van der Waals surface area contributed by atoms with Gasteiger partial charge in [-0.05, 0) is 90.4 Å². The molecular formula is C27H28Cl2FN. The van der Waals surface area contributed by atoms with Crippen LogP contribution < -0.4 is 5.32 Å². The Labute approximate surface area is 195 Å².